The topological polar surface area (TPSA) is 83.2 Å². The Morgan fingerprint density at radius 2 is 2.10 bits per heavy atom. The number of rotatable bonds is 5. The predicted molar refractivity (Wildman–Crippen MR) is 115 cm³/mol. The number of H-pyrrole nitrogens is 1. The summed E-state index contributed by atoms with van der Waals surface area (Å²) in [4.78, 5) is 28.1. The summed E-state index contributed by atoms with van der Waals surface area (Å²) in [6.07, 6.45) is 2.98. The van der Waals surface area contributed by atoms with Crippen LogP contribution < -0.4 is 15.4 Å². The van der Waals surface area contributed by atoms with Crippen molar-refractivity contribution in [3.05, 3.63) is 64.3 Å². The monoisotopic (exact) mass is 455 g/mol. The van der Waals surface area contributed by atoms with Crippen molar-refractivity contribution >= 4 is 38.6 Å². The Hall–Kier alpha value is -2.80. The highest BCUT2D eigenvalue weighted by Crippen LogP contribution is 2.34. The number of aromatic amines is 1. The molecule has 2 aromatic carbocycles. The van der Waals surface area contributed by atoms with Gasteiger partial charge in [-0.05, 0) is 29.8 Å². The Labute approximate surface area is 177 Å². The fourth-order valence-corrected chi connectivity index (χ4v) is 4.14. The van der Waals surface area contributed by atoms with Crippen molar-refractivity contribution in [3.8, 4) is 5.75 Å². The van der Waals surface area contributed by atoms with Gasteiger partial charge in [0.2, 0.25) is 11.8 Å². The van der Waals surface area contributed by atoms with Crippen LogP contribution in [0.15, 0.2) is 53.1 Å². The zero-order chi connectivity index (χ0) is 20.4. The predicted octanol–water partition coefficient (Wildman–Crippen LogP) is 3.62. The number of carbonyl (C=O) groups is 2. The molecule has 6 nitrogen and oxygen atoms in total. The second-order valence-electron chi connectivity index (χ2n) is 7.20. The van der Waals surface area contributed by atoms with Crippen molar-refractivity contribution in [2.75, 3.05) is 6.61 Å². The Kier molecular flexibility index (Phi) is 5.58. The van der Waals surface area contributed by atoms with Crippen molar-refractivity contribution in [3.63, 3.8) is 0 Å². The first-order valence-electron chi connectivity index (χ1n) is 9.56. The summed E-state index contributed by atoms with van der Waals surface area (Å²) in [5.41, 5.74) is 2.94. The zero-order valence-electron chi connectivity index (χ0n) is 16.0. The molecular formula is C22H22BrN3O3. The highest BCUT2D eigenvalue weighted by Gasteiger charge is 2.28. The number of para-hydroxylation sites is 1. The average molecular weight is 456 g/mol. The van der Waals surface area contributed by atoms with E-state index in [9.17, 15) is 9.59 Å². The van der Waals surface area contributed by atoms with E-state index < -0.39 is 6.04 Å². The summed E-state index contributed by atoms with van der Waals surface area (Å²) in [7, 11) is 0. The molecule has 2 atom stereocenters. The van der Waals surface area contributed by atoms with Crippen LogP contribution in [0.2, 0.25) is 0 Å². The summed E-state index contributed by atoms with van der Waals surface area (Å²) in [5, 5.41) is 6.96. The van der Waals surface area contributed by atoms with Crippen LogP contribution in [0.5, 0.6) is 5.75 Å². The Morgan fingerprint density at radius 1 is 1.28 bits per heavy atom. The molecule has 150 valence electrons. The summed E-state index contributed by atoms with van der Waals surface area (Å²) >= 11 is 3.48. The molecule has 0 saturated heterocycles. The molecular weight excluding hydrogens is 434 g/mol. The summed E-state index contributed by atoms with van der Waals surface area (Å²) in [6, 6.07) is 12.9. The van der Waals surface area contributed by atoms with Crippen molar-refractivity contribution in [1.29, 1.82) is 0 Å². The van der Waals surface area contributed by atoms with Gasteiger partial charge in [-0.2, -0.15) is 0 Å². The highest BCUT2D eigenvalue weighted by atomic mass is 79.9. The van der Waals surface area contributed by atoms with Gasteiger partial charge in [0.15, 0.2) is 0 Å². The molecule has 29 heavy (non-hydrogen) atoms. The summed E-state index contributed by atoms with van der Waals surface area (Å²) in [6.45, 7) is 1.96. The van der Waals surface area contributed by atoms with Crippen molar-refractivity contribution < 1.29 is 14.3 Å². The molecule has 2 heterocycles. The number of halogens is 1. The van der Waals surface area contributed by atoms with E-state index in [0.29, 0.717) is 19.4 Å². The molecule has 1 aliphatic rings. The van der Waals surface area contributed by atoms with Crippen LogP contribution in [-0.4, -0.2) is 29.4 Å². The van der Waals surface area contributed by atoms with Crippen molar-refractivity contribution in [2.45, 2.75) is 31.8 Å². The van der Waals surface area contributed by atoms with E-state index in [2.05, 4.69) is 31.5 Å². The van der Waals surface area contributed by atoms with Crippen LogP contribution in [0.4, 0.5) is 0 Å². The van der Waals surface area contributed by atoms with Crippen LogP contribution in [0.1, 0.15) is 30.5 Å². The Balaban J connectivity index is 1.55. The third-order valence-electron chi connectivity index (χ3n) is 5.12. The van der Waals surface area contributed by atoms with Gasteiger partial charge in [-0.25, -0.2) is 0 Å². The number of hydrogen-bond acceptors (Lipinski definition) is 3. The van der Waals surface area contributed by atoms with Crippen molar-refractivity contribution in [2.24, 2.45) is 0 Å². The molecule has 4 rings (SSSR count). The van der Waals surface area contributed by atoms with Gasteiger partial charge in [-0.3, -0.25) is 9.59 Å². The highest BCUT2D eigenvalue weighted by molar-refractivity contribution is 9.10. The lowest BCUT2D eigenvalue weighted by atomic mass is 9.99. The number of nitrogens with one attached hydrogen (secondary N) is 3. The summed E-state index contributed by atoms with van der Waals surface area (Å²) < 4.78 is 6.63. The minimum atomic E-state index is -0.662. The van der Waals surface area contributed by atoms with Gasteiger partial charge in [0.25, 0.3) is 0 Å². The minimum Gasteiger partial charge on any atom is -0.493 e. The first-order chi connectivity index (χ1) is 14.0. The maximum absolute atomic E-state index is 13.1. The van der Waals surface area contributed by atoms with E-state index in [1.807, 2.05) is 48.7 Å². The molecule has 2 amide bonds. The van der Waals surface area contributed by atoms with Crippen LogP contribution in [0.25, 0.3) is 10.9 Å². The van der Waals surface area contributed by atoms with Crippen LogP contribution in [0.3, 0.4) is 0 Å². The molecule has 0 bridgehead atoms. The third kappa shape index (κ3) is 4.29. The fraction of sp³-hybridized carbons (Fsp3) is 0.273. The molecule has 0 fully saturated rings. The zero-order valence-corrected chi connectivity index (χ0v) is 17.6. The molecule has 0 aliphatic carbocycles. The maximum atomic E-state index is 13.1. The number of hydrogen-bond donors (Lipinski definition) is 3. The molecule has 0 radical (unpaired) electrons. The summed E-state index contributed by atoms with van der Waals surface area (Å²) in [5.74, 6) is 0.334. The lowest BCUT2D eigenvalue weighted by Gasteiger charge is -2.28. The number of fused-ring (bicyclic) bond motifs is 2. The van der Waals surface area contributed by atoms with Gasteiger partial charge < -0.3 is 20.4 Å². The second-order valence-corrected chi connectivity index (χ2v) is 8.11. The van der Waals surface area contributed by atoms with Crippen LogP contribution >= 0.6 is 15.9 Å². The van der Waals surface area contributed by atoms with Crippen molar-refractivity contribution in [1.82, 2.24) is 15.6 Å². The van der Waals surface area contributed by atoms with E-state index in [-0.39, 0.29) is 17.9 Å². The van der Waals surface area contributed by atoms with E-state index in [4.69, 9.17) is 4.74 Å². The molecule has 1 aliphatic heterocycles. The molecule has 3 aromatic rings. The molecule has 0 saturated carbocycles. The minimum absolute atomic E-state index is 0.164. The Bertz CT molecular complexity index is 1060. The quantitative estimate of drug-likeness (QED) is 0.549. The van der Waals surface area contributed by atoms with Gasteiger partial charge in [0.05, 0.1) is 12.6 Å². The maximum Gasteiger partial charge on any atom is 0.243 e. The van der Waals surface area contributed by atoms with Crippen LogP contribution in [-0.2, 0) is 16.0 Å². The number of ether oxygens (including phenoxy) is 1. The van der Waals surface area contributed by atoms with Gasteiger partial charge in [-0.15, -0.1) is 0 Å². The smallest absolute Gasteiger partial charge is 0.243 e. The van der Waals surface area contributed by atoms with Gasteiger partial charge in [0, 0.05) is 46.9 Å². The van der Waals surface area contributed by atoms with E-state index in [1.165, 1.54) is 6.92 Å². The normalized spacial score (nSPS) is 16.6. The first kappa shape index (κ1) is 19.5. The Morgan fingerprint density at radius 3 is 2.93 bits per heavy atom. The van der Waals surface area contributed by atoms with Gasteiger partial charge in [0.1, 0.15) is 11.8 Å². The van der Waals surface area contributed by atoms with E-state index >= 15 is 0 Å². The number of carbonyl (C=O) groups excluding carboxylic acids is 2. The van der Waals surface area contributed by atoms with E-state index in [1.54, 1.807) is 0 Å². The fourth-order valence-electron chi connectivity index (χ4n) is 3.76. The largest absolute Gasteiger partial charge is 0.493 e. The molecule has 3 N–H and O–H groups in total. The lowest BCUT2D eigenvalue weighted by Crippen LogP contribution is -2.48. The molecule has 7 heteroatoms. The first-order valence-corrected chi connectivity index (χ1v) is 10.4. The molecule has 2 unspecified atom stereocenters. The number of amides is 2. The average Bonchev–Trinajstić information content (AvgIpc) is 3.10. The number of benzene rings is 2. The van der Waals surface area contributed by atoms with E-state index in [0.717, 1.165) is 32.3 Å². The second kappa shape index (κ2) is 8.29. The number of aromatic nitrogens is 1. The third-order valence-corrected chi connectivity index (χ3v) is 5.61. The molecule has 1 aromatic heterocycles. The molecule has 0 spiro atoms. The van der Waals surface area contributed by atoms with Gasteiger partial charge >= 0.3 is 0 Å². The van der Waals surface area contributed by atoms with Gasteiger partial charge in [-0.1, -0.05) is 34.1 Å². The van der Waals surface area contributed by atoms with Crippen LogP contribution in [0, 0.1) is 0 Å². The SMILES string of the molecule is CC(=O)NC(Cc1c[nH]c2ccccc12)C(=O)NC1CCOc2ccc(Br)cc21. The lowest BCUT2D eigenvalue weighted by molar-refractivity contribution is -0.128. The standard InChI is InChI=1S/C22H22BrN3O3/c1-13(27)25-20(10-14-12-24-18-5-3-2-4-16(14)18)22(28)26-19-8-9-29-21-7-6-15(23)11-17(19)21/h2-7,11-12,19-20,24H,8-10H2,1H3,(H,25,27)(H,26,28).